The third-order valence-electron chi connectivity index (χ3n) is 3.96. The Morgan fingerprint density at radius 1 is 1.25 bits per heavy atom. The van der Waals surface area contributed by atoms with Crippen LogP contribution in [0, 0.1) is 5.41 Å². The number of hydrogen-bond donors (Lipinski definition) is 0. The standard InChI is InChI=1S/C14H16O2/c15-13-7-4-8-14(13)9-12(16-10-14)11-5-2-1-3-6-11/h1-3,5-6,12H,4,7-10H2/t12-,14-/m0/s1. The molecule has 2 heteroatoms. The van der Waals surface area contributed by atoms with Crippen molar-refractivity contribution in [3.05, 3.63) is 35.9 Å². The van der Waals surface area contributed by atoms with E-state index in [1.807, 2.05) is 18.2 Å². The van der Waals surface area contributed by atoms with Crippen molar-refractivity contribution in [1.29, 1.82) is 0 Å². The molecule has 0 bridgehead atoms. The Morgan fingerprint density at radius 3 is 2.75 bits per heavy atom. The molecule has 0 amide bonds. The highest BCUT2D eigenvalue weighted by Gasteiger charge is 2.48. The number of hydrogen-bond acceptors (Lipinski definition) is 2. The summed E-state index contributed by atoms with van der Waals surface area (Å²) in [6.45, 7) is 0.630. The first-order valence-corrected chi connectivity index (χ1v) is 6.00. The molecule has 0 radical (unpaired) electrons. The van der Waals surface area contributed by atoms with Crippen LogP contribution in [-0.2, 0) is 9.53 Å². The fourth-order valence-electron chi connectivity index (χ4n) is 2.98. The molecule has 16 heavy (non-hydrogen) atoms. The van der Waals surface area contributed by atoms with Crippen molar-refractivity contribution >= 4 is 5.78 Å². The minimum atomic E-state index is -0.138. The van der Waals surface area contributed by atoms with Gasteiger partial charge in [0.25, 0.3) is 0 Å². The number of carbonyl (C=O) groups excluding carboxylic acids is 1. The van der Waals surface area contributed by atoms with Crippen LogP contribution in [0.1, 0.15) is 37.4 Å². The molecule has 1 aromatic carbocycles. The van der Waals surface area contributed by atoms with Gasteiger partial charge in [0, 0.05) is 6.42 Å². The van der Waals surface area contributed by atoms with Crippen molar-refractivity contribution in [2.45, 2.75) is 31.8 Å². The SMILES string of the molecule is O=C1CCC[C@]12CO[C@H](c1ccccc1)C2. The van der Waals surface area contributed by atoms with Gasteiger partial charge in [-0.3, -0.25) is 4.79 Å². The van der Waals surface area contributed by atoms with Gasteiger partial charge >= 0.3 is 0 Å². The molecule has 1 aliphatic heterocycles. The van der Waals surface area contributed by atoms with E-state index in [1.54, 1.807) is 0 Å². The maximum atomic E-state index is 11.9. The van der Waals surface area contributed by atoms with Gasteiger partial charge in [0.05, 0.1) is 18.1 Å². The topological polar surface area (TPSA) is 26.3 Å². The van der Waals surface area contributed by atoms with Gasteiger partial charge in [0.15, 0.2) is 0 Å². The maximum absolute atomic E-state index is 11.9. The third-order valence-corrected chi connectivity index (χ3v) is 3.96. The number of ether oxygens (including phenoxy) is 1. The van der Waals surface area contributed by atoms with Gasteiger partial charge < -0.3 is 4.74 Å². The van der Waals surface area contributed by atoms with Crippen LogP contribution in [0.4, 0.5) is 0 Å². The summed E-state index contributed by atoms with van der Waals surface area (Å²) >= 11 is 0. The lowest BCUT2D eigenvalue weighted by Gasteiger charge is -2.18. The van der Waals surface area contributed by atoms with Crippen molar-refractivity contribution in [3.63, 3.8) is 0 Å². The lowest BCUT2D eigenvalue weighted by molar-refractivity contribution is -0.125. The number of rotatable bonds is 1. The van der Waals surface area contributed by atoms with Crippen molar-refractivity contribution in [3.8, 4) is 0 Å². The summed E-state index contributed by atoms with van der Waals surface area (Å²) < 4.78 is 5.83. The highest BCUT2D eigenvalue weighted by molar-refractivity contribution is 5.87. The predicted octanol–water partition coefficient (Wildman–Crippen LogP) is 2.89. The lowest BCUT2D eigenvalue weighted by atomic mass is 9.82. The minimum absolute atomic E-state index is 0.128. The molecule has 1 aliphatic carbocycles. The second-order valence-electron chi connectivity index (χ2n) is 4.97. The summed E-state index contributed by atoms with van der Waals surface area (Å²) in [5.41, 5.74) is 1.07. The van der Waals surface area contributed by atoms with Crippen LogP contribution in [0.25, 0.3) is 0 Å². The number of Topliss-reactive ketones (excluding diaryl/α,β-unsaturated/α-hetero) is 1. The summed E-state index contributed by atoms with van der Waals surface area (Å²) in [7, 11) is 0. The molecular weight excluding hydrogens is 200 g/mol. The van der Waals surface area contributed by atoms with Gasteiger partial charge in [-0.05, 0) is 24.8 Å². The van der Waals surface area contributed by atoms with Gasteiger partial charge in [0.2, 0.25) is 0 Å². The van der Waals surface area contributed by atoms with Crippen molar-refractivity contribution in [2.75, 3.05) is 6.61 Å². The average molecular weight is 216 g/mol. The largest absolute Gasteiger partial charge is 0.372 e. The van der Waals surface area contributed by atoms with Gasteiger partial charge in [-0.25, -0.2) is 0 Å². The molecule has 0 N–H and O–H groups in total. The molecule has 3 rings (SSSR count). The maximum Gasteiger partial charge on any atom is 0.141 e. The molecular formula is C14H16O2. The van der Waals surface area contributed by atoms with Crippen molar-refractivity contribution in [2.24, 2.45) is 5.41 Å². The van der Waals surface area contributed by atoms with Crippen molar-refractivity contribution in [1.82, 2.24) is 0 Å². The Hall–Kier alpha value is -1.15. The summed E-state index contributed by atoms with van der Waals surface area (Å²) in [5.74, 6) is 0.422. The van der Waals surface area contributed by atoms with Crippen LogP contribution in [0.5, 0.6) is 0 Å². The molecule has 0 aromatic heterocycles. The normalized spacial score (nSPS) is 33.8. The van der Waals surface area contributed by atoms with Crippen LogP contribution in [0.15, 0.2) is 30.3 Å². The second kappa shape index (κ2) is 3.70. The van der Waals surface area contributed by atoms with E-state index in [0.29, 0.717) is 12.4 Å². The molecule has 1 saturated heterocycles. The van der Waals surface area contributed by atoms with Crippen LogP contribution in [0.3, 0.4) is 0 Å². The summed E-state index contributed by atoms with van der Waals surface area (Å²) in [6.07, 6.45) is 3.84. The first-order chi connectivity index (χ1) is 7.80. The van der Waals surface area contributed by atoms with E-state index in [-0.39, 0.29) is 11.5 Å². The molecule has 1 saturated carbocycles. The molecule has 0 unspecified atom stereocenters. The van der Waals surface area contributed by atoms with Crippen LogP contribution in [-0.4, -0.2) is 12.4 Å². The van der Waals surface area contributed by atoms with Gasteiger partial charge in [0.1, 0.15) is 5.78 Å². The summed E-state index contributed by atoms with van der Waals surface area (Å²) in [4.78, 5) is 11.9. The summed E-state index contributed by atoms with van der Waals surface area (Å²) in [5, 5.41) is 0. The minimum Gasteiger partial charge on any atom is -0.372 e. The molecule has 2 nitrogen and oxygen atoms in total. The number of ketones is 1. The van der Waals surface area contributed by atoms with Crippen LogP contribution in [0.2, 0.25) is 0 Å². The van der Waals surface area contributed by atoms with E-state index in [2.05, 4.69) is 12.1 Å². The van der Waals surface area contributed by atoms with Gasteiger partial charge in [-0.15, -0.1) is 0 Å². The molecule has 2 atom stereocenters. The quantitative estimate of drug-likeness (QED) is 0.721. The fourth-order valence-corrected chi connectivity index (χ4v) is 2.98. The zero-order chi connectivity index (χ0) is 11.0. The third kappa shape index (κ3) is 1.49. The van der Waals surface area contributed by atoms with E-state index in [1.165, 1.54) is 5.56 Å². The fraction of sp³-hybridized carbons (Fsp3) is 0.500. The van der Waals surface area contributed by atoms with E-state index in [9.17, 15) is 4.79 Å². The molecule has 1 spiro atoms. The smallest absolute Gasteiger partial charge is 0.141 e. The molecule has 1 aromatic rings. The number of carbonyl (C=O) groups is 1. The van der Waals surface area contributed by atoms with Gasteiger partial charge in [-0.1, -0.05) is 30.3 Å². The molecule has 2 aliphatic rings. The Bertz CT molecular complexity index is 398. The Kier molecular flexibility index (Phi) is 2.32. The molecule has 1 heterocycles. The Labute approximate surface area is 95.6 Å². The Balaban J connectivity index is 1.81. The second-order valence-corrected chi connectivity index (χ2v) is 4.97. The van der Waals surface area contributed by atoms with Crippen molar-refractivity contribution < 1.29 is 9.53 Å². The first-order valence-electron chi connectivity index (χ1n) is 6.00. The highest BCUT2D eigenvalue weighted by atomic mass is 16.5. The summed E-state index contributed by atoms with van der Waals surface area (Å²) in [6, 6.07) is 10.2. The predicted molar refractivity (Wildman–Crippen MR) is 61.0 cm³/mol. The van der Waals surface area contributed by atoms with Crippen LogP contribution < -0.4 is 0 Å². The zero-order valence-corrected chi connectivity index (χ0v) is 9.32. The van der Waals surface area contributed by atoms with Crippen LogP contribution >= 0.6 is 0 Å². The zero-order valence-electron chi connectivity index (χ0n) is 9.32. The van der Waals surface area contributed by atoms with E-state index < -0.39 is 0 Å². The first kappa shape index (κ1) is 10.0. The van der Waals surface area contributed by atoms with E-state index in [4.69, 9.17) is 4.74 Å². The lowest BCUT2D eigenvalue weighted by Crippen LogP contribution is -2.25. The molecule has 2 fully saturated rings. The highest BCUT2D eigenvalue weighted by Crippen LogP contribution is 2.48. The average Bonchev–Trinajstić information content (AvgIpc) is 2.90. The van der Waals surface area contributed by atoms with Gasteiger partial charge in [-0.2, -0.15) is 0 Å². The van der Waals surface area contributed by atoms with E-state index in [0.717, 1.165) is 25.7 Å². The van der Waals surface area contributed by atoms with E-state index >= 15 is 0 Å². The monoisotopic (exact) mass is 216 g/mol. The molecule has 84 valence electrons. The number of benzene rings is 1. The Morgan fingerprint density at radius 2 is 2.06 bits per heavy atom.